The molecule has 0 radical (unpaired) electrons. The predicted molar refractivity (Wildman–Crippen MR) is 270 cm³/mol. The lowest BCUT2D eigenvalue weighted by Crippen LogP contribution is -2.60. The molecule has 3 aliphatic heterocycles. The molecule has 7 amide bonds. The molecule has 4 rings (SSSR count). The molecule has 3 fully saturated rings. The molecule has 18 heteroatoms. The first kappa shape index (κ1) is 58.6. The molecule has 18 nitrogen and oxygen atoms in total. The van der Waals surface area contributed by atoms with Gasteiger partial charge in [-0.3, -0.25) is 33.6 Å². The Bertz CT molecular complexity index is 2180. The van der Waals surface area contributed by atoms with Gasteiger partial charge in [0.05, 0.1) is 5.41 Å². The van der Waals surface area contributed by atoms with Gasteiger partial charge in [0.25, 0.3) is 5.91 Å². The van der Waals surface area contributed by atoms with E-state index < -0.39 is 131 Å². The Morgan fingerprint density at radius 3 is 1.81 bits per heavy atom. The van der Waals surface area contributed by atoms with Crippen molar-refractivity contribution >= 4 is 53.3 Å². The Kier molecular flexibility index (Phi) is 20.8. The number of ether oxygens (including phenoxy) is 2. The number of carbonyl (C=O) groups excluding carboxylic acids is 9. The maximum absolute atomic E-state index is 14.8. The van der Waals surface area contributed by atoms with Crippen LogP contribution >= 0.6 is 0 Å². The molecule has 0 spiro atoms. The van der Waals surface area contributed by atoms with E-state index in [0.717, 1.165) is 0 Å². The average molecular weight is 1000 g/mol. The van der Waals surface area contributed by atoms with Gasteiger partial charge < -0.3 is 44.6 Å². The van der Waals surface area contributed by atoms with E-state index in [9.17, 15) is 43.2 Å². The maximum atomic E-state index is 14.8. The number of fused-ring (bicyclic) bond motifs is 2. The van der Waals surface area contributed by atoms with Crippen LogP contribution in [0.4, 0.5) is 0 Å². The highest BCUT2D eigenvalue weighted by atomic mass is 16.6. The summed E-state index contributed by atoms with van der Waals surface area (Å²) in [5, 5.41) is 5.76. The van der Waals surface area contributed by atoms with Gasteiger partial charge in [0.15, 0.2) is 6.10 Å². The molecule has 2 N–H and O–H groups in total. The molecular formula is C54H81N7O11. The molecule has 0 saturated carbocycles. The highest BCUT2D eigenvalue weighted by Gasteiger charge is 2.48. The van der Waals surface area contributed by atoms with Gasteiger partial charge in [-0.1, -0.05) is 78.3 Å². The standard InChI is InChI=1S/C54H81N7O11/c1-15-17-19-28-41-54(10,11)53(70)56-43(34(7)16-2)50(67)58(13)35(8)46(63)57(12)36(9)47(64)59(14)44(33(5)6)52(69)71-40(31-37-24-20-18-21-25-37)49(66)61-30-23-27-39(61)48(65)60-29-22-26-38(60)45(62)55-42(32(3)4)51(68)72-41/h1,18,20-21,24-25,32-36,38-44H,16-17,19,22-23,26-31H2,2-14H3,(H,55,62)(H,56,70)/t34-,35-,36-,38-,39-,40-,41+,42-,43-,44-/m0/s1. The second-order valence-electron chi connectivity index (χ2n) is 21.2. The topological polar surface area (TPSA) is 212 Å². The van der Waals surface area contributed by atoms with E-state index in [2.05, 4.69) is 16.6 Å². The van der Waals surface area contributed by atoms with E-state index in [-0.39, 0.29) is 25.9 Å². The fourth-order valence-corrected chi connectivity index (χ4v) is 9.79. The summed E-state index contributed by atoms with van der Waals surface area (Å²) in [5.41, 5.74) is -0.769. The predicted octanol–water partition coefficient (Wildman–Crippen LogP) is 3.73. The van der Waals surface area contributed by atoms with Gasteiger partial charge in [-0.2, -0.15) is 0 Å². The van der Waals surface area contributed by atoms with Crippen LogP contribution in [0, 0.1) is 35.5 Å². The van der Waals surface area contributed by atoms with Crippen LogP contribution in [0.2, 0.25) is 0 Å². The summed E-state index contributed by atoms with van der Waals surface area (Å²) in [6, 6.07) is 1.22. The Hall–Kier alpha value is -5.99. The summed E-state index contributed by atoms with van der Waals surface area (Å²) in [6.45, 7) is 17.2. The third kappa shape index (κ3) is 13.5. The van der Waals surface area contributed by atoms with Gasteiger partial charge in [0, 0.05) is 47.1 Å². The number of nitrogens with one attached hydrogen (secondary N) is 2. The average Bonchev–Trinajstić information content (AvgIpc) is 4.06. The largest absolute Gasteiger partial charge is 0.460 e. The first-order valence-corrected chi connectivity index (χ1v) is 25.7. The smallest absolute Gasteiger partial charge is 0.329 e. The van der Waals surface area contributed by atoms with Gasteiger partial charge >= 0.3 is 11.9 Å². The molecule has 1 aromatic carbocycles. The summed E-state index contributed by atoms with van der Waals surface area (Å²) in [6.07, 6.45) is 5.97. The van der Waals surface area contributed by atoms with E-state index >= 15 is 0 Å². The highest BCUT2D eigenvalue weighted by Crippen LogP contribution is 2.31. The minimum atomic E-state index is -1.45. The number of amides is 7. The monoisotopic (exact) mass is 1000 g/mol. The van der Waals surface area contributed by atoms with Crippen molar-refractivity contribution in [2.24, 2.45) is 23.2 Å². The van der Waals surface area contributed by atoms with Crippen LogP contribution in [0.3, 0.4) is 0 Å². The van der Waals surface area contributed by atoms with Crippen LogP contribution in [0.25, 0.3) is 0 Å². The Balaban J connectivity index is 1.83. The summed E-state index contributed by atoms with van der Waals surface area (Å²) in [7, 11) is 4.30. The maximum Gasteiger partial charge on any atom is 0.329 e. The molecule has 3 heterocycles. The fourth-order valence-electron chi connectivity index (χ4n) is 9.79. The molecule has 0 unspecified atom stereocenters. The third-order valence-corrected chi connectivity index (χ3v) is 15.1. The van der Waals surface area contributed by atoms with Gasteiger partial charge in [-0.05, 0) is 89.5 Å². The lowest BCUT2D eigenvalue weighted by atomic mass is 9.81. The third-order valence-electron chi connectivity index (χ3n) is 15.1. The van der Waals surface area contributed by atoms with Crippen molar-refractivity contribution in [3.05, 3.63) is 35.9 Å². The minimum Gasteiger partial charge on any atom is -0.460 e. The van der Waals surface area contributed by atoms with E-state index in [1.807, 2.05) is 13.0 Å². The number of likely N-dealkylation sites (N-methyl/N-ethyl adjacent to an activating group) is 3. The Labute approximate surface area is 427 Å². The van der Waals surface area contributed by atoms with Gasteiger partial charge in [-0.15, -0.1) is 12.3 Å². The summed E-state index contributed by atoms with van der Waals surface area (Å²) >= 11 is 0. The van der Waals surface area contributed by atoms with Crippen LogP contribution in [0.1, 0.15) is 126 Å². The molecule has 398 valence electrons. The number of cyclic esters (lactones) is 2. The number of esters is 2. The van der Waals surface area contributed by atoms with E-state index in [1.54, 1.807) is 72.7 Å². The molecule has 10 atom stereocenters. The molecular weight excluding hydrogens is 923 g/mol. The minimum absolute atomic E-state index is 0.0337. The molecule has 72 heavy (non-hydrogen) atoms. The fraction of sp³-hybridized carbons (Fsp3) is 0.685. The van der Waals surface area contributed by atoms with Crippen molar-refractivity contribution in [1.29, 1.82) is 0 Å². The van der Waals surface area contributed by atoms with E-state index in [4.69, 9.17) is 15.9 Å². The van der Waals surface area contributed by atoms with Crippen LogP contribution < -0.4 is 10.6 Å². The van der Waals surface area contributed by atoms with Crippen molar-refractivity contribution < 1.29 is 52.6 Å². The molecule has 0 aromatic heterocycles. The number of nitrogens with zero attached hydrogens (tertiary/aromatic N) is 5. The first-order valence-electron chi connectivity index (χ1n) is 25.7. The normalized spacial score (nSPS) is 28.7. The Morgan fingerprint density at radius 2 is 1.25 bits per heavy atom. The zero-order valence-corrected chi connectivity index (χ0v) is 44.9. The van der Waals surface area contributed by atoms with Crippen molar-refractivity contribution in [3.63, 3.8) is 0 Å². The number of carbonyl (C=O) groups is 9. The zero-order chi connectivity index (χ0) is 53.9. The summed E-state index contributed by atoms with van der Waals surface area (Å²) in [4.78, 5) is 136. The van der Waals surface area contributed by atoms with Crippen LogP contribution in [-0.2, 0) is 59.0 Å². The number of benzene rings is 1. The summed E-state index contributed by atoms with van der Waals surface area (Å²) < 4.78 is 12.3. The lowest BCUT2D eigenvalue weighted by molar-refractivity contribution is -0.169. The second kappa shape index (κ2) is 25.6. The molecule has 0 bridgehead atoms. The van der Waals surface area contributed by atoms with Crippen molar-refractivity contribution in [2.75, 3.05) is 34.2 Å². The van der Waals surface area contributed by atoms with E-state index in [1.165, 1.54) is 59.5 Å². The van der Waals surface area contributed by atoms with Crippen molar-refractivity contribution in [2.45, 2.75) is 182 Å². The number of hydrogen-bond donors (Lipinski definition) is 2. The second-order valence-corrected chi connectivity index (χ2v) is 21.2. The number of terminal acetylenes is 1. The van der Waals surface area contributed by atoms with Gasteiger partial charge in [0.1, 0.15) is 48.4 Å². The van der Waals surface area contributed by atoms with Crippen LogP contribution in [-0.4, -0.2) is 167 Å². The first-order chi connectivity index (χ1) is 33.8. The number of unbranched alkanes of at least 4 members (excludes halogenated alkanes) is 1. The lowest BCUT2D eigenvalue weighted by Gasteiger charge is -2.38. The van der Waals surface area contributed by atoms with Crippen molar-refractivity contribution in [3.8, 4) is 12.3 Å². The van der Waals surface area contributed by atoms with E-state index in [0.29, 0.717) is 50.5 Å². The molecule has 3 aliphatic rings. The van der Waals surface area contributed by atoms with Crippen LogP contribution in [0.5, 0.6) is 0 Å². The number of rotatable bonds is 9. The SMILES string of the molecule is C#CCCC[C@H]1OC(=O)[C@H](C(C)C)NC(=O)[C@@H]2CCCN2C(=O)[C@@H]2CCCN2C(=O)[C@H](Cc2ccccc2)OC(=O)[C@H](C(C)C)N(C)C(=O)[C@H](C)N(C)C(=O)[C@H](C)N(C)C(=O)[C@H]([C@@H](C)CC)NC(=O)C1(C)C. The molecule has 3 saturated heterocycles. The van der Waals surface area contributed by atoms with Crippen molar-refractivity contribution in [1.82, 2.24) is 35.1 Å². The quantitative estimate of drug-likeness (QED) is 0.207. The molecule has 1 aromatic rings. The Morgan fingerprint density at radius 1 is 0.694 bits per heavy atom. The van der Waals surface area contributed by atoms with Gasteiger partial charge in [-0.25, -0.2) is 9.59 Å². The zero-order valence-electron chi connectivity index (χ0n) is 44.9. The highest BCUT2D eigenvalue weighted by molar-refractivity contribution is 5.97. The van der Waals surface area contributed by atoms with Crippen LogP contribution in [0.15, 0.2) is 30.3 Å². The molecule has 0 aliphatic carbocycles. The number of hydrogen-bond acceptors (Lipinski definition) is 11. The van der Waals surface area contributed by atoms with Gasteiger partial charge in [0.2, 0.25) is 35.4 Å². The summed E-state index contributed by atoms with van der Waals surface area (Å²) in [5.74, 6) is -4.54.